The van der Waals surface area contributed by atoms with Gasteiger partial charge in [-0.3, -0.25) is 9.69 Å². The van der Waals surface area contributed by atoms with Crippen LogP contribution in [0.15, 0.2) is 0 Å². The van der Waals surface area contributed by atoms with E-state index in [0.717, 1.165) is 37.8 Å². The Morgan fingerprint density at radius 2 is 1.65 bits per heavy atom. The highest BCUT2D eigenvalue weighted by atomic mass is 16.3. The third-order valence-electron chi connectivity index (χ3n) is 5.27. The second kappa shape index (κ2) is 6.02. The molecule has 4 heteroatoms. The molecule has 2 N–H and O–H groups in total. The number of aliphatic hydroxyl groups is 1. The Morgan fingerprint density at radius 3 is 2.10 bits per heavy atom. The van der Waals surface area contributed by atoms with Crippen LogP contribution in [0.2, 0.25) is 0 Å². The van der Waals surface area contributed by atoms with E-state index in [1.807, 2.05) is 6.92 Å². The molecule has 20 heavy (non-hydrogen) atoms. The molecule has 1 heterocycles. The first-order valence-electron chi connectivity index (χ1n) is 8.33. The van der Waals surface area contributed by atoms with Crippen LogP contribution in [-0.2, 0) is 4.79 Å². The maximum atomic E-state index is 12.2. The molecule has 0 aromatic heterocycles. The zero-order chi connectivity index (χ0) is 14.1. The Morgan fingerprint density at radius 1 is 1.10 bits per heavy atom. The van der Waals surface area contributed by atoms with E-state index in [9.17, 15) is 9.90 Å². The lowest BCUT2D eigenvalue weighted by molar-refractivity contribution is -0.123. The summed E-state index contributed by atoms with van der Waals surface area (Å²) in [4.78, 5) is 14.4. The first kappa shape index (κ1) is 14.3. The summed E-state index contributed by atoms with van der Waals surface area (Å²) in [5, 5.41) is 12.9. The minimum absolute atomic E-state index is 0.208. The summed E-state index contributed by atoms with van der Waals surface area (Å²) in [5.74, 6) is 2.17. The summed E-state index contributed by atoms with van der Waals surface area (Å²) >= 11 is 0. The minimum atomic E-state index is -0.208. The van der Waals surface area contributed by atoms with E-state index in [0.29, 0.717) is 18.5 Å². The van der Waals surface area contributed by atoms with Gasteiger partial charge < -0.3 is 10.4 Å². The topological polar surface area (TPSA) is 52.6 Å². The molecular weight excluding hydrogens is 252 g/mol. The molecule has 114 valence electrons. The van der Waals surface area contributed by atoms with Crippen molar-refractivity contribution in [2.75, 3.05) is 19.6 Å². The maximum absolute atomic E-state index is 12.2. The molecule has 4 nitrogen and oxygen atoms in total. The van der Waals surface area contributed by atoms with Gasteiger partial charge in [-0.15, -0.1) is 0 Å². The van der Waals surface area contributed by atoms with E-state index >= 15 is 0 Å². The average Bonchev–Trinajstić information content (AvgIpc) is 3.28. The lowest BCUT2D eigenvalue weighted by atomic mass is 9.92. The second-order valence-electron chi connectivity index (χ2n) is 7.12. The van der Waals surface area contributed by atoms with Gasteiger partial charge in [0.2, 0.25) is 5.91 Å². The van der Waals surface area contributed by atoms with Crippen molar-refractivity contribution in [2.24, 2.45) is 17.8 Å². The Balaban J connectivity index is 1.40. The smallest absolute Gasteiger partial charge is 0.234 e. The molecule has 3 fully saturated rings. The van der Waals surface area contributed by atoms with E-state index in [2.05, 4.69) is 10.2 Å². The van der Waals surface area contributed by atoms with Gasteiger partial charge in [0.1, 0.15) is 0 Å². The van der Waals surface area contributed by atoms with Crippen LogP contribution in [0.25, 0.3) is 0 Å². The number of hydrogen-bond donors (Lipinski definition) is 2. The molecular formula is C16H28N2O2. The average molecular weight is 280 g/mol. The van der Waals surface area contributed by atoms with Crippen LogP contribution in [0.3, 0.4) is 0 Å². The molecule has 3 aliphatic rings. The molecule has 1 atom stereocenters. The van der Waals surface area contributed by atoms with Gasteiger partial charge in [0.15, 0.2) is 0 Å². The highest BCUT2D eigenvalue weighted by Crippen LogP contribution is 2.44. The highest BCUT2D eigenvalue weighted by Gasteiger charge is 2.42. The van der Waals surface area contributed by atoms with Gasteiger partial charge in [0.05, 0.1) is 12.6 Å². The lowest BCUT2D eigenvalue weighted by Crippen LogP contribution is -2.46. The molecule has 1 unspecified atom stereocenters. The molecule has 0 aromatic carbocycles. The molecule has 0 bridgehead atoms. The maximum Gasteiger partial charge on any atom is 0.234 e. The summed E-state index contributed by atoms with van der Waals surface area (Å²) in [6.45, 7) is 4.31. The number of hydrogen-bond acceptors (Lipinski definition) is 3. The number of aliphatic hydroxyl groups excluding tert-OH is 1. The minimum Gasteiger partial charge on any atom is -0.393 e. The zero-order valence-electron chi connectivity index (χ0n) is 12.6. The third-order valence-corrected chi connectivity index (χ3v) is 5.27. The van der Waals surface area contributed by atoms with E-state index in [1.54, 1.807) is 0 Å². The third kappa shape index (κ3) is 3.73. The second-order valence-corrected chi connectivity index (χ2v) is 7.12. The van der Waals surface area contributed by atoms with E-state index < -0.39 is 0 Å². The molecule has 2 aliphatic carbocycles. The Hall–Kier alpha value is -0.610. The number of rotatable bonds is 6. The predicted octanol–water partition coefficient (Wildman–Crippen LogP) is 1.38. The highest BCUT2D eigenvalue weighted by molar-refractivity contribution is 5.78. The number of likely N-dealkylation sites (tertiary alicyclic amines) is 1. The number of piperidine rings is 1. The van der Waals surface area contributed by atoms with Crippen molar-refractivity contribution in [2.45, 2.75) is 57.6 Å². The summed E-state index contributed by atoms with van der Waals surface area (Å²) in [6, 6.07) is 0.470. The van der Waals surface area contributed by atoms with Crippen molar-refractivity contribution in [1.82, 2.24) is 10.2 Å². The van der Waals surface area contributed by atoms with Crippen LogP contribution in [0, 0.1) is 17.8 Å². The van der Waals surface area contributed by atoms with Crippen LogP contribution in [0.5, 0.6) is 0 Å². The van der Waals surface area contributed by atoms with Crippen molar-refractivity contribution >= 4 is 5.91 Å². The van der Waals surface area contributed by atoms with Gasteiger partial charge >= 0.3 is 0 Å². The Labute approximate surface area is 121 Å². The molecule has 3 rings (SSSR count). The van der Waals surface area contributed by atoms with Crippen molar-refractivity contribution in [1.29, 1.82) is 0 Å². The fraction of sp³-hybridized carbons (Fsp3) is 0.938. The zero-order valence-corrected chi connectivity index (χ0v) is 12.6. The van der Waals surface area contributed by atoms with Crippen LogP contribution >= 0.6 is 0 Å². The normalized spacial score (nSPS) is 26.8. The number of carbonyl (C=O) groups excluding carboxylic acids is 1. The van der Waals surface area contributed by atoms with Gasteiger partial charge in [-0.25, -0.2) is 0 Å². The van der Waals surface area contributed by atoms with Crippen molar-refractivity contribution in [3.63, 3.8) is 0 Å². The summed E-state index contributed by atoms with van der Waals surface area (Å²) in [5.41, 5.74) is 0. The Kier molecular flexibility index (Phi) is 4.32. The summed E-state index contributed by atoms with van der Waals surface area (Å²) in [7, 11) is 0. The molecule has 0 aromatic rings. The van der Waals surface area contributed by atoms with Crippen molar-refractivity contribution in [3.8, 4) is 0 Å². The fourth-order valence-electron chi connectivity index (χ4n) is 3.56. The van der Waals surface area contributed by atoms with Crippen LogP contribution in [0.1, 0.15) is 45.4 Å². The lowest BCUT2D eigenvalue weighted by Gasteiger charge is -2.33. The van der Waals surface area contributed by atoms with Gasteiger partial charge in [-0.05, 0) is 76.3 Å². The summed E-state index contributed by atoms with van der Waals surface area (Å²) in [6.07, 6.45) is 7.05. The number of nitrogens with one attached hydrogen (secondary N) is 1. The standard InChI is InChI=1S/C16H28N2O2/c1-11(19)12-6-8-18(9-7-12)10-15(20)17-16(13-2-3-13)14-4-5-14/h11-14,16,19H,2-10H2,1H3,(H,17,20). The van der Waals surface area contributed by atoms with Crippen LogP contribution < -0.4 is 5.32 Å². The predicted molar refractivity (Wildman–Crippen MR) is 78.2 cm³/mol. The van der Waals surface area contributed by atoms with E-state index in [1.165, 1.54) is 25.7 Å². The monoisotopic (exact) mass is 280 g/mol. The molecule has 2 saturated carbocycles. The van der Waals surface area contributed by atoms with Crippen molar-refractivity contribution in [3.05, 3.63) is 0 Å². The first-order chi connectivity index (χ1) is 9.63. The largest absolute Gasteiger partial charge is 0.393 e. The van der Waals surface area contributed by atoms with Gasteiger partial charge in [0, 0.05) is 6.04 Å². The van der Waals surface area contributed by atoms with Gasteiger partial charge in [-0.1, -0.05) is 0 Å². The summed E-state index contributed by atoms with van der Waals surface area (Å²) < 4.78 is 0. The van der Waals surface area contributed by atoms with Crippen LogP contribution in [-0.4, -0.2) is 47.7 Å². The van der Waals surface area contributed by atoms with Gasteiger partial charge in [-0.2, -0.15) is 0 Å². The quantitative estimate of drug-likeness (QED) is 0.773. The van der Waals surface area contributed by atoms with Crippen molar-refractivity contribution < 1.29 is 9.90 Å². The number of amides is 1. The number of carbonyl (C=O) groups is 1. The SMILES string of the molecule is CC(O)C1CCN(CC(=O)NC(C2CC2)C2CC2)CC1. The van der Waals surface area contributed by atoms with Gasteiger partial charge in [0.25, 0.3) is 0 Å². The molecule has 1 aliphatic heterocycles. The van der Waals surface area contributed by atoms with E-state index in [-0.39, 0.29) is 12.0 Å². The molecule has 1 amide bonds. The first-order valence-corrected chi connectivity index (χ1v) is 8.33. The Bertz CT molecular complexity index is 330. The molecule has 0 radical (unpaired) electrons. The molecule has 0 spiro atoms. The fourth-order valence-corrected chi connectivity index (χ4v) is 3.56. The molecule has 1 saturated heterocycles. The number of nitrogens with zero attached hydrogens (tertiary/aromatic N) is 1. The van der Waals surface area contributed by atoms with Crippen LogP contribution in [0.4, 0.5) is 0 Å². The van der Waals surface area contributed by atoms with E-state index in [4.69, 9.17) is 0 Å².